The Balaban J connectivity index is 1.94. The highest BCUT2D eigenvalue weighted by atomic mass is 79.9. The lowest BCUT2D eigenvalue weighted by Crippen LogP contribution is -1.97. The molecule has 0 amide bonds. The summed E-state index contributed by atoms with van der Waals surface area (Å²) in [6, 6.07) is 12.0. The number of aliphatic hydroxyl groups excluding tert-OH is 1. The topological polar surface area (TPSA) is 32.3 Å². The molecular weight excluding hydrogens is 286 g/mol. The van der Waals surface area contributed by atoms with E-state index in [1.807, 2.05) is 24.3 Å². The van der Waals surface area contributed by atoms with Gasteiger partial charge in [-0.1, -0.05) is 12.1 Å². The summed E-state index contributed by atoms with van der Waals surface area (Å²) < 4.78 is 1.15. The molecule has 0 bridgehead atoms. The van der Waals surface area contributed by atoms with Crippen LogP contribution >= 0.6 is 27.3 Å². The number of aliphatic hydroxyl groups is 1. The van der Waals surface area contributed by atoms with Crippen LogP contribution in [-0.2, 0) is 13.2 Å². The van der Waals surface area contributed by atoms with Gasteiger partial charge in [-0.15, -0.1) is 11.3 Å². The summed E-state index contributed by atoms with van der Waals surface area (Å²) in [5.74, 6) is 0. The Labute approximate surface area is 107 Å². The molecular formula is C12H12BrNOS. The number of benzene rings is 1. The van der Waals surface area contributed by atoms with Crippen molar-refractivity contribution >= 4 is 33.0 Å². The van der Waals surface area contributed by atoms with Crippen molar-refractivity contribution in [2.24, 2.45) is 0 Å². The number of nitrogens with one attached hydrogen (secondary N) is 1. The van der Waals surface area contributed by atoms with E-state index in [0.29, 0.717) is 0 Å². The molecule has 0 spiro atoms. The molecule has 0 saturated heterocycles. The lowest BCUT2D eigenvalue weighted by molar-refractivity contribution is 0.282. The summed E-state index contributed by atoms with van der Waals surface area (Å²) in [5, 5.41) is 12.2. The fraction of sp³-hybridized carbons (Fsp3) is 0.167. The molecule has 0 fully saturated rings. The molecule has 0 aliphatic carbocycles. The van der Waals surface area contributed by atoms with E-state index in [1.54, 1.807) is 11.3 Å². The summed E-state index contributed by atoms with van der Waals surface area (Å²) in [7, 11) is 0. The summed E-state index contributed by atoms with van der Waals surface area (Å²) in [5.41, 5.74) is 2.01. The molecule has 1 heterocycles. The smallest absolute Gasteiger partial charge is 0.0702 e. The van der Waals surface area contributed by atoms with Gasteiger partial charge < -0.3 is 10.4 Å². The largest absolute Gasteiger partial charge is 0.392 e. The minimum absolute atomic E-state index is 0.0954. The highest BCUT2D eigenvalue weighted by Crippen LogP contribution is 2.22. The van der Waals surface area contributed by atoms with E-state index in [9.17, 15) is 0 Å². The molecule has 0 saturated carbocycles. The van der Waals surface area contributed by atoms with Gasteiger partial charge >= 0.3 is 0 Å². The molecule has 0 radical (unpaired) electrons. The molecule has 1 aromatic carbocycles. The van der Waals surface area contributed by atoms with Crippen LogP contribution in [0.5, 0.6) is 0 Å². The van der Waals surface area contributed by atoms with Crippen molar-refractivity contribution < 1.29 is 5.11 Å². The molecule has 84 valence electrons. The Morgan fingerprint density at radius 2 is 1.88 bits per heavy atom. The summed E-state index contributed by atoms with van der Waals surface area (Å²) in [6.07, 6.45) is 0. The lowest BCUT2D eigenvalue weighted by Gasteiger charge is -2.05. The molecule has 2 aromatic rings. The lowest BCUT2D eigenvalue weighted by atomic mass is 10.2. The first-order chi connectivity index (χ1) is 7.78. The van der Waals surface area contributed by atoms with E-state index in [4.69, 9.17) is 5.11 Å². The molecule has 16 heavy (non-hydrogen) atoms. The van der Waals surface area contributed by atoms with E-state index in [2.05, 4.69) is 33.4 Å². The van der Waals surface area contributed by atoms with E-state index >= 15 is 0 Å². The molecule has 2 rings (SSSR count). The van der Waals surface area contributed by atoms with Gasteiger partial charge in [0, 0.05) is 17.1 Å². The maximum absolute atomic E-state index is 8.92. The van der Waals surface area contributed by atoms with Crippen molar-refractivity contribution in [3.05, 3.63) is 50.6 Å². The van der Waals surface area contributed by atoms with Crippen LogP contribution in [0.15, 0.2) is 40.2 Å². The van der Waals surface area contributed by atoms with Crippen LogP contribution in [0.3, 0.4) is 0 Å². The number of hydrogen-bond donors (Lipinski definition) is 2. The third-order valence-corrected chi connectivity index (χ3v) is 3.86. The quantitative estimate of drug-likeness (QED) is 0.903. The third kappa shape index (κ3) is 3.07. The summed E-state index contributed by atoms with van der Waals surface area (Å²) in [4.78, 5) is 1.29. The van der Waals surface area contributed by atoms with Crippen LogP contribution in [0.4, 0.5) is 5.69 Å². The highest BCUT2D eigenvalue weighted by molar-refractivity contribution is 9.11. The number of hydrogen-bond acceptors (Lipinski definition) is 3. The van der Waals surface area contributed by atoms with Crippen molar-refractivity contribution in [3.8, 4) is 0 Å². The first kappa shape index (κ1) is 11.6. The summed E-state index contributed by atoms with van der Waals surface area (Å²) >= 11 is 5.17. The predicted molar refractivity (Wildman–Crippen MR) is 71.7 cm³/mol. The van der Waals surface area contributed by atoms with Crippen LogP contribution in [-0.4, -0.2) is 5.11 Å². The SMILES string of the molecule is OCc1ccc(NCc2ccc(Br)s2)cc1. The average Bonchev–Trinajstić information content (AvgIpc) is 2.73. The highest BCUT2D eigenvalue weighted by Gasteiger charge is 1.98. The fourth-order valence-electron chi connectivity index (χ4n) is 1.36. The zero-order valence-corrected chi connectivity index (χ0v) is 11.0. The van der Waals surface area contributed by atoms with Gasteiger partial charge in [-0.2, -0.15) is 0 Å². The molecule has 0 unspecified atom stereocenters. The normalized spacial score (nSPS) is 10.4. The van der Waals surface area contributed by atoms with Crippen LogP contribution in [0.25, 0.3) is 0 Å². The van der Waals surface area contributed by atoms with Crippen LogP contribution in [0.1, 0.15) is 10.4 Å². The maximum Gasteiger partial charge on any atom is 0.0702 e. The van der Waals surface area contributed by atoms with E-state index in [0.717, 1.165) is 21.6 Å². The van der Waals surface area contributed by atoms with Crippen LogP contribution in [0.2, 0.25) is 0 Å². The molecule has 2 N–H and O–H groups in total. The summed E-state index contributed by atoms with van der Waals surface area (Å²) in [6.45, 7) is 0.924. The maximum atomic E-state index is 8.92. The van der Waals surface area contributed by atoms with Gasteiger partial charge in [0.15, 0.2) is 0 Å². The zero-order valence-electron chi connectivity index (χ0n) is 8.61. The minimum atomic E-state index is 0.0954. The standard InChI is InChI=1S/C12H12BrNOS/c13-12-6-5-11(16-12)7-14-10-3-1-9(8-15)2-4-10/h1-6,14-15H,7-8H2. The van der Waals surface area contributed by atoms with Gasteiger partial charge in [0.2, 0.25) is 0 Å². The second kappa shape index (κ2) is 5.48. The van der Waals surface area contributed by atoms with Crippen molar-refractivity contribution in [3.63, 3.8) is 0 Å². The van der Waals surface area contributed by atoms with E-state index < -0.39 is 0 Å². The zero-order chi connectivity index (χ0) is 11.4. The van der Waals surface area contributed by atoms with Gasteiger partial charge in [-0.25, -0.2) is 0 Å². The number of rotatable bonds is 4. The molecule has 0 aliphatic rings. The first-order valence-electron chi connectivity index (χ1n) is 4.96. The Bertz CT molecular complexity index is 452. The van der Waals surface area contributed by atoms with E-state index in [1.165, 1.54) is 4.88 Å². The average molecular weight is 298 g/mol. The van der Waals surface area contributed by atoms with Crippen LogP contribution < -0.4 is 5.32 Å². The number of halogens is 1. The Kier molecular flexibility index (Phi) is 3.98. The molecule has 0 atom stereocenters. The van der Waals surface area contributed by atoms with Crippen molar-refractivity contribution in [1.29, 1.82) is 0 Å². The van der Waals surface area contributed by atoms with Gasteiger partial charge in [0.25, 0.3) is 0 Å². The number of anilines is 1. The van der Waals surface area contributed by atoms with Gasteiger partial charge in [0.05, 0.1) is 10.4 Å². The Morgan fingerprint density at radius 1 is 1.12 bits per heavy atom. The van der Waals surface area contributed by atoms with Crippen molar-refractivity contribution in [2.75, 3.05) is 5.32 Å². The van der Waals surface area contributed by atoms with Crippen LogP contribution in [0, 0.1) is 0 Å². The van der Waals surface area contributed by atoms with Crippen molar-refractivity contribution in [1.82, 2.24) is 0 Å². The number of thiophene rings is 1. The molecule has 4 heteroatoms. The predicted octanol–water partition coefficient (Wildman–Crippen LogP) is 3.62. The minimum Gasteiger partial charge on any atom is -0.392 e. The fourth-order valence-corrected chi connectivity index (χ4v) is 2.79. The molecule has 0 aliphatic heterocycles. The second-order valence-corrected chi connectivity index (χ2v) is 5.96. The molecule has 2 nitrogen and oxygen atoms in total. The second-order valence-electron chi connectivity index (χ2n) is 3.41. The first-order valence-corrected chi connectivity index (χ1v) is 6.57. The van der Waals surface area contributed by atoms with Gasteiger partial charge in [-0.05, 0) is 45.8 Å². The van der Waals surface area contributed by atoms with Gasteiger partial charge in [0.1, 0.15) is 0 Å². The Morgan fingerprint density at radius 3 is 2.44 bits per heavy atom. The monoisotopic (exact) mass is 297 g/mol. The third-order valence-electron chi connectivity index (χ3n) is 2.23. The van der Waals surface area contributed by atoms with Gasteiger partial charge in [-0.3, -0.25) is 0 Å². The van der Waals surface area contributed by atoms with E-state index in [-0.39, 0.29) is 6.61 Å². The Hall–Kier alpha value is -0.840. The molecule has 1 aromatic heterocycles. The van der Waals surface area contributed by atoms with Crippen molar-refractivity contribution in [2.45, 2.75) is 13.2 Å².